The monoisotopic (exact) mass is 299 g/mol. The second kappa shape index (κ2) is 8.79. The van der Waals surface area contributed by atoms with Crippen LogP contribution in [0.1, 0.15) is 10.4 Å². The van der Waals surface area contributed by atoms with Gasteiger partial charge >= 0.3 is 0 Å². The SMILES string of the molecule is COc1ccccc1C(=O)NCCN1CCNCC1.Cl. The van der Waals surface area contributed by atoms with Gasteiger partial charge in [-0.15, -0.1) is 12.4 Å². The number of para-hydroxylation sites is 1. The lowest BCUT2D eigenvalue weighted by molar-refractivity contribution is 0.0944. The zero-order valence-electron chi connectivity index (χ0n) is 11.7. The molecule has 112 valence electrons. The molecule has 0 bridgehead atoms. The lowest BCUT2D eigenvalue weighted by atomic mass is 10.2. The van der Waals surface area contributed by atoms with Gasteiger partial charge in [-0.1, -0.05) is 12.1 Å². The largest absolute Gasteiger partial charge is 0.496 e. The molecule has 1 aromatic carbocycles. The van der Waals surface area contributed by atoms with Crippen LogP contribution >= 0.6 is 12.4 Å². The van der Waals surface area contributed by atoms with Gasteiger partial charge in [0.2, 0.25) is 0 Å². The number of hydrogen-bond acceptors (Lipinski definition) is 4. The van der Waals surface area contributed by atoms with Gasteiger partial charge in [0.05, 0.1) is 12.7 Å². The third-order valence-electron chi connectivity index (χ3n) is 3.27. The number of ether oxygens (including phenoxy) is 1. The Labute approximate surface area is 126 Å². The molecule has 0 saturated carbocycles. The fourth-order valence-electron chi connectivity index (χ4n) is 2.19. The molecule has 0 radical (unpaired) electrons. The Kier molecular flexibility index (Phi) is 7.36. The molecule has 5 nitrogen and oxygen atoms in total. The van der Waals surface area contributed by atoms with Crippen LogP contribution in [0.3, 0.4) is 0 Å². The quantitative estimate of drug-likeness (QED) is 0.842. The Bertz CT molecular complexity index is 423. The van der Waals surface area contributed by atoms with Gasteiger partial charge in [0.1, 0.15) is 5.75 Å². The molecular weight excluding hydrogens is 278 g/mol. The van der Waals surface area contributed by atoms with E-state index in [-0.39, 0.29) is 18.3 Å². The number of hydrogen-bond donors (Lipinski definition) is 2. The average Bonchev–Trinajstić information content (AvgIpc) is 2.48. The molecule has 2 rings (SSSR count). The Balaban J connectivity index is 0.00000200. The Morgan fingerprint density at radius 2 is 2.05 bits per heavy atom. The molecule has 1 amide bonds. The summed E-state index contributed by atoms with van der Waals surface area (Å²) in [7, 11) is 1.58. The van der Waals surface area contributed by atoms with E-state index in [1.165, 1.54) is 0 Å². The first-order valence-electron chi connectivity index (χ1n) is 6.65. The van der Waals surface area contributed by atoms with E-state index in [2.05, 4.69) is 15.5 Å². The third-order valence-corrected chi connectivity index (χ3v) is 3.27. The summed E-state index contributed by atoms with van der Waals surface area (Å²) in [5.74, 6) is 0.537. The van der Waals surface area contributed by atoms with Crippen LogP contribution in [0, 0.1) is 0 Å². The number of rotatable bonds is 5. The van der Waals surface area contributed by atoms with Crippen LogP contribution in [0.25, 0.3) is 0 Å². The fourth-order valence-corrected chi connectivity index (χ4v) is 2.19. The molecular formula is C14H22ClN3O2. The third kappa shape index (κ3) is 4.67. The highest BCUT2D eigenvalue weighted by Crippen LogP contribution is 2.16. The van der Waals surface area contributed by atoms with Crippen LogP contribution < -0.4 is 15.4 Å². The summed E-state index contributed by atoms with van der Waals surface area (Å²) in [6, 6.07) is 7.27. The maximum Gasteiger partial charge on any atom is 0.255 e. The molecule has 1 aliphatic rings. The molecule has 6 heteroatoms. The summed E-state index contributed by atoms with van der Waals surface area (Å²) in [6.45, 7) is 5.70. The number of carbonyl (C=O) groups excluding carboxylic acids is 1. The van der Waals surface area contributed by atoms with Gasteiger partial charge in [-0.05, 0) is 12.1 Å². The molecule has 0 unspecified atom stereocenters. The van der Waals surface area contributed by atoms with E-state index >= 15 is 0 Å². The maximum absolute atomic E-state index is 12.0. The van der Waals surface area contributed by atoms with Crippen molar-refractivity contribution >= 4 is 18.3 Å². The van der Waals surface area contributed by atoms with Gasteiger partial charge in [-0.3, -0.25) is 9.69 Å². The first-order valence-corrected chi connectivity index (χ1v) is 6.65. The van der Waals surface area contributed by atoms with Gasteiger partial charge in [0.15, 0.2) is 0 Å². The minimum Gasteiger partial charge on any atom is -0.496 e. The Hall–Kier alpha value is -1.30. The molecule has 1 heterocycles. The van der Waals surface area contributed by atoms with Crippen LogP contribution in [0.2, 0.25) is 0 Å². The maximum atomic E-state index is 12.0. The predicted octanol–water partition coefficient (Wildman–Crippen LogP) is 0.752. The number of piperazine rings is 1. The van der Waals surface area contributed by atoms with Crippen LogP contribution in [0.15, 0.2) is 24.3 Å². The highest BCUT2D eigenvalue weighted by Gasteiger charge is 2.12. The zero-order chi connectivity index (χ0) is 13.5. The second-order valence-electron chi connectivity index (χ2n) is 4.55. The van der Waals surface area contributed by atoms with Gasteiger partial charge < -0.3 is 15.4 Å². The van der Waals surface area contributed by atoms with Crippen molar-refractivity contribution in [3.05, 3.63) is 29.8 Å². The van der Waals surface area contributed by atoms with E-state index < -0.39 is 0 Å². The van der Waals surface area contributed by atoms with Crippen LogP contribution in [-0.2, 0) is 0 Å². The van der Waals surface area contributed by atoms with Crippen molar-refractivity contribution in [1.82, 2.24) is 15.5 Å². The highest BCUT2D eigenvalue weighted by atomic mass is 35.5. The van der Waals surface area contributed by atoms with Crippen molar-refractivity contribution in [2.24, 2.45) is 0 Å². The van der Waals surface area contributed by atoms with E-state index in [9.17, 15) is 4.79 Å². The summed E-state index contributed by atoms with van der Waals surface area (Å²) < 4.78 is 5.18. The number of methoxy groups -OCH3 is 1. The minimum absolute atomic E-state index is 0. The number of amides is 1. The molecule has 0 aliphatic carbocycles. The molecule has 0 aromatic heterocycles. The topological polar surface area (TPSA) is 53.6 Å². The number of benzene rings is 1. The van der Waals surface area contributed by atoms with Crippen molar-refractivity contribution in [2.75, 3.05) is 46.4 Å². The van der Waals surface area contributed by atoms with Gasteiger partial charge in [0, 0.05) is 39.3 Å². The molecule has 2 N–H and O–H groups in total. The number of halogens is 1. The molecule has 1 aromatic rings. The van der Waals surface area contributed by atoms with Crippen molar-refractivity contribution in [3.63, 3.8) is 0 Å². The van der Waals surface area contributed by atoms with Gasteiger partial charge in [-0.2, -0.15) is 0 Å². The number of nitrogens with one attached hydrogen (secondary N) is 2. The van der Waals surface area contributed by atoms with Crippen LogP contribution in [0.4, 0.5) is 0 Å². The molecule has 20 heavy (non-hydrogen) atoms. The Morgan fingerprint density at radius 3 is 2.75 bits per heavy atom. The van der Waals surface area contributed by atoms with Crippen molar-refractivity contribution < 1.29 is 9.53 Å². The summed E-state index contributed by atoms with van der Waals surface area (Å²) in [5, 5.41) is 6.25. The van der Waals surface area contributed by atoms with E-state index in [0.29, 0.717) is 17.9 Å². The van der Waals surface area contributed by atoms with E-state index in [0.717, 1.165) is 32.7 Å². The molecule has 1 aliphatic heterocycles. The number of nitrogens with zero attached hydrogens (tertiary/aromatic N) is 1. The highest BCUT2D eigenvalue weighted by molar-refractivity contribution is 5.96. The smallest absolute Gasteiger partial charge is 0.255 e. The first-order chi connectivity index (χ1) is 9.31. The van der Waals surface area contributed by atoms with Crippen LogP contribution in [0.5, 0.6) is 5.75 Å². The number of carbonyl (C=O) groups is 1. The van der Waals surface area contributed by atoms with E-state index in [1.807, 2.05) is 12.1 Å². The molecule has 0 spiro atoms. The second-order valence-corrected chi connectivity index (χ2v) is 4.55. The zero-order valence-corrected chi connectivity index (χ0v) is 12.5. The summed E-state index contributed by atoms with van der Waals surface area (Å²) in [6.07, 6.45) is 0. The van der Waals surface area contributed by atoms with Crippen LogP contribution in [-0.4, -0.2) is 57.2 Å². The minimum atomic E-state index is -0.0763. The fraction of sp³-hybridized carbons (Fsp3) is 0.500. The van der Waals surface area contributed by atoms with Gasteiger partial charge in [-0.25, -0.2) is 0 Å². The lowest BCUT2D eigenvalue weighted by Crippen LogP contribution is -2.46. The Morgan fingerprint density at radius 1 is 1.35 bits per heavy atom. The first kappa shape index (κ1) is 16.8. The normalized spacial score (nSPS) is 15.2. The standard InChI is InChI=1S/C14H21N3O2.ClH/c1-19-13-5-3-2-4-12(13)14(18)16-8-11-17-9-6-15-7-10-17;/h2-5,15H,6-11H2,1H3,(H,16,18);1H. The van der Waals surface area contributed by atoms with Crippen molar-refractivity contribution in [2.45, 2.75) is 0 Å². The predicted molar refractivity (Wildman–Crippen MR) is 81.9 cm³/mol. The molecule has 1 saturated heterocycles. The molecule has 1 fully saturated rings. The van der Waals surface area contributed by atoms with Gasteiger partial charge in [0.25, 0.3) is 5.91 Å². The van der Waals surface area contributed by atoms with Crippen molar-refractivity contribution in [3.8, 4) is 5.75 Å². The van der Waals surface area contributed by atoms with Crippen molar-refractivity contribution in [1.29, 1.82) is 0 Å². The summed E-state index contributed by atoms with van der Waals surface area (Å²) in [4.78, 5) is 14.4. The lowest BCUT2D eigenvalue weighted by Gasteiger charge is -2.27. The average molecular weight is 300 g/mol. The van der Waals surface area contributed by atoms with E-state index in [4.69, 9.17) is 4.74 Å². The summed E-state index contributed by atoms with van der Waals surface area (Å²) in [5.41, 5.74) is 0.588. The van der Waals surface area contributed by atoms with E-state index in [1.54, 1.807) is 19.2 Å². The summed E-state index contributed by atoms with van der Waals surface area (Å²) >= 11 is 0. The molecule has 0 atom stereocenters.